The van der Waals surface area contributed by atoms with Crippen molar-refractivity contribution < 1.29 is 13.9 Å². The third-order valence-electron chi connectivity index (χ3n) is 3.30. The highest BCUT2D eigenvalue weighted by molar-refractivity contribution is 5.88. The van der Waals surface area contributed by atoms with E-state index in [0.717, 1.165) is 17.1 Å². The number of hydrogen-bond donors (Lipinski definition) is 0. The number of hydrogen-bond acceptors (Lipinski definition) is 3. The summed E-state index contributed by atoms with van der Waals surface area (Å²) in [4.78, 5) is 11.8. The van der Waals surface area contributed by atoms with Crippen molar-refractivity contribution in [3.05, 3.63) is 71.9 Å². The van der Waals surface area contributed by atoms with E-state index in [-0.39, 0.29) is 5.76 Å². The maximum Gasteiger partial charge on any atom is 0.379 e. The quantitative estimate of drug-likeness (QED) is 0.540. The van der Waals surface area contributed by atoms with Crippen LogP contribution in [0.15, 0.2) is 59.2 Å². The third kappa shape index (κ3) is 2.60. The molecule has 3 aromatic rings. The lowest BCUT2D eigenvalue weighted by atomic mass is 10.3. The van der Waals surface area contributed by atoms with Gasteiger partial charge < -0.3 is 13.7 Å². The second kappa shape index (κ2) is 5.32. The number of rotatable bonds is 3. The molecule has 4 heteroatoms. The Hall–Kier alpha value is -2.75. The van der Waals surface area contributed by atoms with Crippen LogP contribution in [-0.2, 0) is 0 Å². The number of aryl methyl sites for hydroxylation is 2. The van der Waals surface area contributed by atoms with Gasteiger partial charge in [-0.1, -0.05) is 0 Å². The van der Waals surface area contributed by atoms with E-state index in [0.29, 0.717) is 5.75 Å². The Morgan fingerprint density at radius 3 is 2.24 bits per heavy atom. The summed E-state index contributed by atoms with van der Waals surface area (Å²) in [5, 5.41) is 0. The van der Waals surface area contributed by atoms with Crippen LogP contribution >= 0.6 is 0 Å². The standard InChI is InChI=1S/C17H15NO3/c1-12-5-6-13(2)18(12)14-7-9-15(10-8-14)21-17(19)16-4-3-11-20-16/h3-11H,1-2H3. The predicted octanol–water partition coefficient (Wildman–Crippen LogP) is 3.91. The van der Waals surface area contributed by atoms with Crippen LogP contribution in [0.2, 0.25) is 0 Å². The number of nitrogens with zero attached hydrogens (tertiary/aromatic N) is 1. The van der Waals surface area contributed by atoms with Gasteiger partial charge in [0.15, 0.2) is 0 Å². The van der Waals surface area contributed by atoms with Crippen LogP contribution < -0.4 is 4.74 Å². The van der Waals surface area contributed by atoms with Gasteiger partial charge >= 0.3 is 5.97 Å². The highest BCUT2D eigenvalue weighted by Crippen LogP contribution is 2.20. The van der Waals surface area contributed by atoms with Gasteiger partial charge in [0.25, 0.3) is 0 Å². The molecule has 21 heavy (non-hydrogen) atoms. The summed E-state index contributed by atoms with van der Waals surface area (Å²) in [7, 11) is 0. The van der Waals surface area contributed by atoms with Crippen molar-refractivity contribution in [1.29, 1.82) is 0 Å². The molecule has 3 rings (SSSR count). The molecular formula is C17H15NO3. The zero-order chi connectivity index (χ0) is 14.8. The molecule has 0 spiro atoms. The topological polar surface area (TPSA) is 44.4 Å². The maximum absolute atomic E-state index is 11.8. The van der Waals surface area contributed by atoms with Crippen molar-refractivity contribution in [1.82, 2.24) is 4.57 Å². The Morgan fingerprint density at radius 1 is 1.00 bits per heavy atom. The summed E-state index contributed by atoms with van der Waals surface area (Å²) in [6.07, 6.45) is 1.44. The van der Waals surface area contributed by atoms with Crippen LogP contribution in [0.5, 0.6) is 5.75 Å². The molecule has 2 aromatic heterocycles. The normalized spacial score (nSPS) is 10.6. The first-order valence-electron chi connectivity index (χ1n) is 6.66. The molecule has 0 aliphatic rings. The molecule has 0 aliphatic carbocycles. The van der Waals surface area contributed by atoms with Crippen molar-refractivity contribution in [2.75, 3.05) is 0 Å². The second-order valence-corrected chi connectivity index (χ2v) is 4.81. The van der Waals surface area contributed by atoms with E-state index in [1.807, 2.05) is 12.1 Å². The molecule has 2 heterocycles. The van der Waals surface area contributed by atoms with Gasteiger partial charge in [-0.2, -0.15) is 0 Å². The van der Waals surface area contributed by atoms with E-state index < -0.39 is 5.97 Å². The molecule has 0 saturated heterocycles. The number of benzene rings is 1. The van der Waals surface area contributed by atoms with E-state index in [1.54, 1.807) is 24.3 Å². The SMILES string of the molecule is Cc1ccc(C)n1-c1ccc(OC(=O)c2ccco2)cc1. The summed E-state index contributed by atoms with van der Waals surface area (Å²) in [5.74, 6) is 0.180. The number of esters is 1. The number of carbonyl (C=O) groups excluding carboxylic acids is 1. The first kappa shape index (κ1) is 13.2. The molecular weight excluding hydrogens is 266 g/mol. The van der Waals surface area contributed by atoms with Gasteiger partial charge in [0.1, 0.15) is 5.75 Å². The zero-order valence-corrected chi connectivity index (χ0v) is 11.9. The van der Waals surface area contributed by atoms with Gasteiger partial charge in [-0.15, -0.1) is 0 Å². The van der Waals surface area contributed by atoms with Gasteiger partial charge in [-0.25, -0.2) is 4.79 Å². The Bertz CT molecular complexity index is 732. The van der Waals surface area contributed by atoms with Gasteiger partial charge in [0.05, 0.1) is 6.26 Å². The average Bonchev–Trinajstić information content (AvgIpc) is 3.11. The Morgan fingerprint density at radius 2 is 1.67 bits per heavy atom. The minimum atomic E-state index is -0.499. The highest BCUT2D eigenvalue weighted by atomic mass is 16.5. The van der Waals surface area contributed by atoms with E-state index in [2.05, 4.69) is 30.5 Å². The minimum Gasteiger partial charge on any atom is -0.457 e. The summed E-state index contributed by atoms with van der Waals surface area (Å²) >= 11 is 0. The summed E-state index contributed by atoms with van der Waals surface area (Å²) < 4.78 is 12.4. The molecule has 0 atom stereocenters. The fourth-order valence-electron chi connectivity index (χ4n) is 2.29. The monoisotopic (exact) mass is 281 g/mol. The lowest BCUT2D eigenvalue weighted by Crippen LogP contribution is -2.07. The van der Waals surface area contributed by atoms with Crippen LogP contribution in [0.25, 0.3) is 5.69 Å². The van der Waals surface area contributed by atoms with Gasteiger partial charge in [0.2, 0.25) is 5.76 Å². The molecule has 4 nitrogen and oxygen atoms in total. The first-order valence-corrected chi connectivity index (χ1v) is 6.66. The number of furan rings is 1. The first-order chi connectivity index (χ1) is 10.1. The minimum absolute atomic E-state index is 0.191. The number of aromatic nitrogens is 1. The van der Waals surface area contributed by atoms with Crippen molar-refractivity contribution >= 4 is 5.97 Å². The molecule has 0 aliphatic heterocycles. The fraction of sp³-hybridized carbons (Fsp3) is 0.118. The molecule has 0 saturated carbocycles. The summed E-state index contributed by atoms with van der Waals surface area (Å²) in [6.45, 7) is 4.11. The lowest BCUT2D eigenvalue weighted by Gasteiger charge is -2.10. The van der Waals surface area contributed by atoms with Crippen LogP contribution in [-0.4, -0.2) is 10.5 Å². The van der Waals surface area contributed by atoms with E-state index in [9.17, 15) is 4.79 Å². The van der Waals surface area contributed by atoms with Crippen molar-refractivity contribution in [3.8, 4) is 11.4 Å². The zero-order valence-electron chi connectivity index (χ0n) is 11.9. The average molecular weight is 281 g/mol. The van der Waals surface area contributed by atoms with Crippen molar-refractivity contribution in [3.63, 3.8) is 0 Å². The smallest absolute Gasteiger partial charge is 0.379 e. The van der Waals surface area contributed by atoms with E-state index in [1.165, 1.54) is 6.26 Å². The number of carbonyl (C=O) groups is 1. The Balaban J connectivity index is 1.80. The van der Waals surface area contributed by atoms with Crippen molar-refractivity contribution in [2.24, 2.45) is 0 Å². The van der Waals surface area contributed by atoms with Crippen molar-refractivity contribution in [2.45, 2.75) is 13.8 Å². The fourth-order valence-corrected chi connectivity index (χ4v) is 2.29. The lowest BCUT2D eigenvalue weighted by molar-refractivity contribution is 0.0701. The largest absolute Gasteiger partial charge is 0.457 e. The van der Waals surface area contributed by atoms with E-state index in [4.69, 9.17) is 9.15 Å². The highest BCUT2D eigenvalue weighted by Gasteiger charge is 2.11. The molecule has 0 bridgehead atoms. The molecule has 0 unspecified atom stereocenters. The molecule has 0 fully saturated rings. The van der Waals surface area contributed by atoms with Gasteiger partial charge in [-0.05, 0) is 62.4 Å². The third-order valence-corrected chi connectivity index (χ3v) is 3.30. The van der Waals surface area contributed by atoms with Crippen LogP contribution in [0, 0.1) is 13.8 Å². The number of ether oxygens (including phenoxy) is 1. The molecule has 0 amide bonds. The Labute approximate surface area is 122 Å². The predicted molar refractivity (Wildman–Crippen MR) is 78.9 cm³/mol. The van der Waals surface area contributed by atoms with E-state index >= 15 is 0 Å². The molecule has 0 radical (unpaired) electrons. The van der Waals surface area contributed by atoms with Crippen LogP contribution in [0.4, 0.5) is 0 Å². The molecule has 0 N–H and O–H groups in total. The maximum atomic E-state index is 11.8. The summed E-state index contributed by atoms with van der Waals surface area (Å²) in [5.41, 5.74) is 3.36. The second-order valence-electron chi connectivity index (χ2n) is 4.81. The van der Waals surface area contributed by atoms with Gasteiger partial charge in [0, 0.05) is 17.1 Å². The Kier molecular flexibility index (Phi) is 3.36. The molecule has 106 valence electrons. The summed E-state index contributed by atoms with van der Waals surface area (Å²) in [6, 6.07) is 14.8. The van der Waals surface area contributed by atoms with Crippen LogP contribution in [0.3, 0.4) is 0 Å². The van der Waals surface area contributed by atoms with Gasteiger partial charge in [-0.3, -0.25) is 0 Å². The molecule has 1 aromatic carbocycles. The van der Waals surface area contributed by atoms with Crippen LogP contribution in [0.1, 0.15) is 21.9 Å².